The van der Waals surface area contributed by atoms with Crippen molar-refractivity contribution in [3.63, 3.8) is 0 Å². The highest BCUT2D eigenvalue weighted by Gasteiger charge is 2.77. The van der Waals surface area contributed by atoms with E-state index >= 15 is 0 Å². The lowest BCUT2D eigenvalue weighted by Gasteiger charge is -2.40. The van der Waals surface area contributed by atoms with Gasteiger partial charge >= 0.3 is 5.97 Å². The van der Waals surface area contributed by atoms with E-state index in [1.807, 2.05) is 26.0 Å². The fourth-order valence-electron chi connectivity index (χ4n) is 7.96. The Morgan fingerprint density at radius 3 is 2.31 bits per heavy atom. The summed E-state index contributed by atoms with van der Waals surface area (Å²) >= 11 is 3.73. The highest BCUT2D eigenvalue weighted by atomic mass is 79.9. The summed E-state index contributed by atoms with van der Waals surface area (Å²) in [5.41, 5.74) is -0.120. The number of halogens is 1. The molecule has 11 nitrogen and oxygen atoms in total. The van der Waals surface area contributed by atoms with Crippen LogP contribution in [0.15, 0.2) is 86.0 Å². The second-order valence-corrected chi connectivity index (χ2v) is 14.8. The zero-order valence-corrected chi connectivity index (χ0v) is 30.9. The van der Waals surface area contributed by atoms with Gasteiger partial charge < -0.3 is 34.4 Å². The molecule has 274 valence electrons. The van der Waals surface area contributed by atoms with E-state index in [0.717, 1.165) is 0 Å². The van der Waals surface area contributed by atoms with Gasteiger partial charge in [-0.1, -0.05) is 88.7 Å². The second kappa shape index (κ2) is 16.7. The molecule has 0 aromatic heterocycles. The molecule has 3 fully saturated rings. The molecule has 2 aromatic carbocycles. The number of alkyl halides is 1. The third kappa shape index (κ3) is 7.42. The number of likely N-dealkylation sites (tertiary alicyclic amines) is 1. The molecule has 3 aliphatic heterocycles. The zero-order valence-electron chi connectivity index (χ0n) is 29.4. The Balaban J connectivity index is 1.57. The number of aliphatic hydroxyl groups excluding tert-OH is 1. The smallest absolute Gasteiger partial charge is 0.313 e. The first-order valence-corrected chi connectivity index (χ1v) is 18.3. The predicted octanol–water partition coefficient (Wildman–Crippen LogP) is 4.27. The lowest BCUT2D eigenvalue weighted by atomic mass is 9.70. The standard InChI is InChI=1S/C39H48BrN3O8/c1-6-8-19-30(45)41-28(23-49-5)33(26-17-13-10-14-18-26)50-38(48)31-32-36(46)43(29(22-44)25-15-11-9-12-16-25)35(37(47)42(20-7-2)24(3)4)39(32)21-27(40)34(31)51-39/h6-7,9-18,24,27-29,31-35,44H,1-2,8,19-23H2,3-5H3,(H,41,45)/t27?,28-,29+,31-,32+,33-,34-,35-,39+/m0/s1. The van der Waals surface area contributed by atoms with E-state index in [1.165, 1.54) is 12.0 Å². The number of hydrogen-bond acceptors (Lipinski definition) is 8. The number of methoxy groups -OCH3 is 1. The minimum atomic E-state index is -1.39. The number of hydrogen-bond donors (Lipinski definition) is 2. The molecule has 2 aromatic rings. The highest BCUT2D eigenvalue weighted by Crippen LogP contribution is 2.61. The van der Waals surface area contributed by atoms with Gasteiger partial charge in [0.1, 0.15) is 17.7 Å². The number of carbonyl (C=O) groups excluding carboxylic acids is 4. The Hall–Kier alpha value is -3.84. The Morgan fingerprint density at radius 2 is 1.75 bits per heavy atom. The molecule has 0 radical (unpaired) electrons. The summed E-state index contributed by atoms with van der Waals surface area (Å²) in [5.74, 6) is -3.94. The van der Waals surface area contributed by atoms with Gasteiger partial charge in [0, 0.05) is 30.9 Å². The summed E-state index contributed by atoms with van der Waals surface area (Å²) < 4.78 is 18.6. The molecule has 12 heteroatoms. The van der Waals surface area contributed by atoms with Crippen molar-refractivity contribution in [3.05, 3.63) is 97.1 Å². The van der Waals surface area contributed by atoms with Crippen molar-refractivity contribution in [1.82, 2.24) is 15.1 Å². The lowest BCUT2D eigenvalue weighted by molar-refractivity contribution is -0.163. The number of ether oxygens (including phenoxy) is 3. The molecule has 51 heavy (non-hydrogen) atoms. The number of amides is 3. The minimum absolute atomic E-state index is 0.0403. The van der Waals surface area contributed by atoms with Crippen LogP contribution >= 0.6 is 15.9 Å². The van der Waals surface area contributed by atoms with E-state index in [0.29, 0.717) is 17.5 Å². The number of allylic oxidation sites excluding steroid dienone is 1. The molecule has 2 N–H and O–H groups in total. The molecule has 3 heterocycles. The Morgan fingerprint density at radius 1 is 1.10 bits per heavy atom. The molecular formula is C39H48BrN3O8. The summed E-state index contributed by atoms with van der Waals surface area (Å²) in [6.07, 6.45) is 2.48. The average molecular weight is 767 g/mol. The number of carbonyl (C=O) groups is 4. The summed E-state index contributed by atoms with van der Waals surface area (Å²) in [7, 11) is 1.50. The molecule has 2 bridgehead atoms. The van der Waals surface area contributed by atoms with Crippen LogP contribution in [0.4, 0.5) is 0 Å². The number of aliphatic hydroxyl groups is 1. The van der Waals surface area contributed by atoms with Crippen LogP contribution in [0.2, 0.25) is 0 Å². The first kappa shape index (κ1) is 38.4. The fraction of sp³-hybridized carbons (Fsp3) is 0.487. The highest BCUT2D eigenvalue weighted by molar-refractivity contribution is 9.09. The normalized spacial score (nSPS) is 26.7. The lowest BCUT2D eigenvalue weighted by Crippen LogP contribution is -2.58. The van der Waals surface area contributed by atoms with E-state index in [-0.39, 0.29) is 48.7 Å². The third-order valence-corrected chi connectivity index (χ3v) is 11.0. The van der Waals surface area contributed by atoms with Gasteiger partial charge in [-0.05, 0) is 37.8 Å². The van der Waals surface area contributed by atoms with Gasteiger partial charge in [-0.3, -0.25) is 19.2 Å². The summed E-state index contributed by atoms with van der Waals surface area (Å²) in [5, 5.41) is 13.8. The van der Waals surface area contributed by atoms with Crippen molar-refractivity contribution in [2.75, 3.05) is 26.9 Å². The molecule has 1 spiro atoms. The van der Waals surface area contributed by atoms with E-state index in [9.17, 15) is 24.3 Å². The van der Waals surface area contributed by atoms with Crippen molar-refractivity contribution in [1.29, 1.82) is 0 Å². The molecule has 0 saturated carbocycles. The van der Waals surface area contributed by atoms with E-state index in [1.54, 1.807) is 65.6 Å². The quantitative estimate of drug-likeness (QED) is 0.139. The number of nitrogens with one attached hydrogen (secondary N) is 1. The fourth-order valence-corrected chi connectivity index (χ4v) is 8.90. The van der Waals surface area contributed by atoms with Crippen LogP contribution < -0.4 is 5.32 Å². The zero-order chi connectivity index (χ0) is 36.9. The van der Waals surface area contributed by atoms with Crippen LogP contribution in [-0.2, 0) is 33.4 Å². The molecule has 0 aliphatic carbocycles. The topological polar surface area (TPSA) is 135 Å². The van der Waals surface area contributed by atoms with Crippen LogP contribution in [-0.4, -0.2) is 100 Å². The van der Waals surface area contributed by atoms with E-state index in [2.05, 4.69) is 34.4 Å². The second-order valence-electron chi connectivity index (χ2n) is 13.6. The number of benzene rings is 2. The van der Waals surface area contributed by atoms with E-state index in [4.69, 9.17) is 14.2 Å². The SMILES string of the molecule is C=CCCC(=O)N[C@@H](COC)[C@@H](OC(=O)[C@@H]1[C@H]2O[C@@]3(CC2Br)[C@H](C(=O)N(CC=C)C(C)C)N([C@H](CO)c2ccccc2)C(=O)[C@@H]13)c1ccccc1. The molecule has 9 atom stereocenters. The van der Waals surface area contributed by atoms with Crippen molar-refractivity contribution in [2.24, 2.45) is 11.8 Å². The van der Waals surface area contributed by atoms with Crippen molar-refractivity contribution < 1.29 is 38.5 Å². The summed E-state index contributed by atoms with van der Waals surface area (Å²) in [4.78, 5) is 59.9. The Bertz CT molecular complexity index is 1570. The van der Waals surface area contributed by atoms with Gasteiger partial charge in [-0.15, -0.1) is 13.2 Å². The third-order valence-electron chi connectivity index (χ3n) is 10.2. The van der Waals surface area contributed by atoms with Crippen LogP contribution in [0.1, 0.15) is 56.4 Å². The largest absolute Gasteiger partial charge is 0.455 e. The van der Waals surface area contributed by atoms with E-state index < -0.39 is 66.3 Å². The molecule has 3 aliphatic rings. The Labute approximate surface area is 308 Å². The molecule has 5 rings (SSSR count). The van der Waals surface area contributed by atoms with Gasteiger partial charge in [0.25, 0.3) is 0 Å². The van der Waals surface area contributed by atoms with Crippen molar-refractivity contribution >= 4 is 39.6 Å². The van der Waals surface area contributed by atoms with Gasteiger partial charge in [0.15, 0.2) is 0 Å². The number of nitrogens with zero attached hydrogens (tertiary/aromatic N) is 2. The average Bonchev–Trinajstić information content (AvgIpc) is 3.72. The predicted molar refractivity (Wildman–Crippen MR) is 194 cm³/mol. The van der Waals surface area contributed by atoms with Gasteiger partial charge in [0.05, 0.1) is 43.2 Å². The molecule has 3 amide bonds. The Kier molecular flexibility index (Phi) is 12.5. The van der Waals surface area contributed by atoms with Crippen molar-refractivity contribution in [2.45, 2.75) is 79.9 Å². The van der Waals surface area contributed by atoms with Gasteiger partial charge in [0.2, 0.25) is 17.7 Å². The minimum Gasteiger partial charge on any atom is -0.455 e. The van der Waals surface area contributed by atoms with Crippen molar-refractivity contribution in [3.8, 4) is 0 Å². The molecular weight excluding hydrogens is 718 g/mol. The number of fused-ring (bicyclic) bond motifs is 1. The van der Waals surface area contributed by atoms with Crippen LogP contribution in [0, 0.1) is 11.8 Å². The monoisotopic (exact) mass is 765 g/mol. The number of esters is 1. The first-order valence-electron chi connectivity index (χ1n) is 17.4. The first-order chi connectivity index (χ1) is 24.5. The summed E-state index contributed by atoms with van der Waals surface area (Å²) in [6, 6.07) is 15.1. The maximum absolute atomic E-state index is 14.9. The maximum Gasteiger partial charge on any atom is 0.313 e. The van der Waals surface area contributed by atoms with Gasteiger partial charge in [-0.25, -0.2) is 0 Å². The molecule has 3 saturated heterocycles. The molecule has 1 unspecified atom stereocenters. The van der Waals surface area contributed by atoms with Gasteiger partial charge in [-0.2, -0.15) is 0 Å². The summed E-state index contributed by atoms with van der Waals surface area (Å²) in [6.45, 7) is 11.1. The maximum atomic E-state index is 14.9. The van der Waals surface area contributed by atoms with Crippen LogP contribution in [0.5, 0.6) is 0 Å². The number of rotatable bonds is 17. The van der Waals surface area contributed by atoms with Crippen LogP contribution in [0.25, 0.3) is 0 Å². The van der Waals surface area contributed by atoms with Crippen LogP contribution in [0.3, 0.4) is 0 Å².